The highest BCUT2D eigenvalue weighted by Gasteiger charge is 2.20. The van der Waals surface area contributed by atoms with Crippen LogP contribution in [-0.4, -0.2) is 16.6 Å². The van der Waals surface area contributed by atoms with Gasteiger partial charge in [-0.25, -0.2) is 4.98 Å². The fraction of sp³-hybridized carbons (Fsp3) is 0.259. The van der Waals surface area contributed by atoms with E-state index in [9.17, 15) is 15.3 Å². The van der Waals surface area contributed by atoms with Crippen molar-refractivity contribution in [1.29, 1.82) is 10.5 Å². The number of aromatic nitrogens is 1. The van der Waals surface area contributed by atoms with Gasteiger partial charge in [-0.15, -0.1) is 11.8 Å². The summed E-state index contributed by atoms with van der Waals surface area (Å²) in [5.74, 6) is 0.794. The average Bonchev–Trinajstić information content (AvgIpc) is 2.84. The smallest absolute Gasteiger partial charge is 0.225 e. The first-order valence-corrected chi connectivity index (χ1v) is 12.1. The molecule has 172 valence electrons. The van der Waals surface area contributed by atoms with E-state index in [4.69, 9.17) is 5.73 Å². The molecular formula is C27H27N5OS. The molecule has 0 atom stereocenters. The number of hydrogen-bond acceptors (Lipinski definition) is 6. The lowest BCUT2D eigenvalue weighted by molar-refractivity contribution is -0.115. The van der Waals surface area contributed by atoms with E-state index >= 15 is 0 Å². The summed E-state index contributed by atoms with van der Waals surface area (Å²) in [6, 6.07) is 19.8. The van der Waals surface area contributed by atoms with Crippen molar-refractivity contribution in [1.82, 2.24) is 4.98 Å². The van der Waals surface area contributed by atoms with Crippen LogP contribution >= 0.6 is 11.8 Å². The van der Waals surface area contributed by atoms with Crippen molar-refractivity contribution in [3.63, 3.8) is 0 Å². The Morgan fingerprint density at radius 2 is 1.71 bits per heavy atom. The highest BCUT2D eigenvalue weighted by Crippen LogP contribution is 2.36. The van der Waals surface area contributed by atoms with Crippen molar-refractivity contribution in [2.75, 3.05) is 16.8 Å². The monoisotopic (exact) mass is 469 g/mol. The molecule has 0 saturated carbocycles. The lowest BCUT2D eigenvalue weighted by Crippen LogP contribution is -2.12. The van der Waals surface area contributed by atoms with E-state index < -0.39 is 0 Å². The number of nitrogens with two attached hydrogens (primary N) is 1. The number of nitrogens with zero attached hydrogens (tertiary/aromatic N) is 3. The Balaban J connectivity index is 1.76. The van der Waals surface area contributed by atoms with Crippen LogP contribution in [0, 0.1) is 22.7 Å². The lowest BCUT2D eigenvalue weighted by atomic mass is 9.96. The number of nitrogens with one attached hydrogen (secondary N) is 1. The number of pyridine rings is 1. The molecule has 0 unspecified atom stereocenters. The van der Waals surface area contributed by atoms with Crippen molar-refractivity contribution in [3.05, 3.63) is 70.8 Å². The second kappa shape index (κ2) is 11.4. The van der Waals surface area contributed by atoms with Crippen LogP contribution in [-0.2, 0) is 11.2 Å². The quantitative estimate of drug-likeness (QED) is 0.398. The highest BCUT2D eigenvalue weighted by atomic mass is 32.2. The Morgan fingerprint density at radius 1 is 1.06 bits per heavy atom. The Morgan fingerprint density at radius 3 is 2.26 bits per heavy atom. The zero-order valence-corrected chi connectivity index (χ0v) is 20.4. The van der Waals surface area contributed by atoms with E-state index in [1.54, 1.807) is 0 Å². The minimum Gasteiger partial charge on any atom is -0.383 e. The van der Waals surface area contributed by atoms with Crippen molar-refractivity contribution < 1.29 is 4.79 Å². The SMILES string of the molecule is CCc1ccc(-c2c(C#N)c(N)nc(SCCC(=O)Nc3ccc(C(C)C)cc3)c2C#N)cc1. The van der Waals surface area contributed by atoms with Crippen molar-refractivity contribution in [3.8, 4) is 23.3 Å². The molecule has 1 amide bonds. The minimum atomic E-state index is -0.125. The number of amides is 1. The highest BCUT2D eigenvalue weighted by molar-refractivity contribution is 7.99. The van der Waals surface area contributed by atoms with Gasteiger partial charge in [0.05, 0.1) is 5.56 Å². The Hall–Kier alpha value is -3.81. The summed E-state index contributed by atoms with van der Waals surface area (Å²) in [7, 11) is 0. The molecule has 1 heterocycles. The first-order chi connectivity index (χ1) is 16.4. The number of aryl methyl sites for hydroxylation is 1. The second-order valence-corrected chi connectivity index (χ2v) is 9.21. The van der Waals surface area contributed by atoms with Crippen LogP contribution in [0.3, 0.4) is 0 Å². The number of rotatable bonds is 8. The number of nitriles is 2. The largest absolute Gasteiger partial charge is 0.383 e. The molecule has 3 rings (SSSR count). The molecule has 6 nitrogen and oxygen atoms in total. The molecule has 0 fully saturated rings. The van der Waals surface area contributed by atoms with Gasteiger partial charge in [-0.2, -0.15) is 10.5 Å². The predicted octanol–water partition coefficient (Wildman–Crippen LogP) is 5.88. The molecule has 34 heavy (non-hydrogen) atoms. The zero-order chi connectivity index (χ0) is 24.7. The number of carbonyl (C=O) groups excluding carboxylic acids is 1. The Bertz CT molecular complexity index is 1250. The van der Waals surface area contributed by atoms with Gasteiger partial charge in [0.2, 0.25) is 5.91 Å². The molecule has 0 aliphatic heterocycles. The van der Waals surface area contributed by atoms with Gasteiger partial charge in [0.1, 0.15) is 28.5 Å². The van der Waals surface area contributed by atoms with Gasteiger partial charge >= 0.3 is 0 Å². The predicted molar refractivity (Wildman–Crippen MR) is 137 cm³/mol. The van der Waals surface area contributed by atoms with Crippen molar-refractivity contribution in [2.24, 2.45) is 0 Å². The summed E-state index contributed by atoms with van der Waals surface area (Å²) in [5, 5.41) is 22.9. The van der Waals surface area contributed by atoms with E-state index in [1.807, 2.05) is 48.5 Å². The van der Waals surface area contributed by atoms with E-state index in [2.05, 4.69) is 43.2 Å². The Kier molecular flexibility index (Phi) is 8.29. The molecule has 0 aliphatic rings. The van der Waals surface area contributed by atoms with Gasteiger partial charge in [-0.1, -0.05) is 57.2 Å². The van der Waals surface area contributed by atoms with Crippen LogP contribution in [0.25, 0.3) is 11.1 Å². The molecule has 0 spiro atoms. The van der Waals surface area contributed by atoms with Crippen LogP contribution in [0.1, 0.15) is 55.4 Å². The molecule has 0 aliphatic carbocycles. The molecule has 3 aromatic rings. The number of carbonyl (C=O) groups is 1. The number of nitrogen functional groups attached to an aromatic ring is 1. The maximum Gasteiger partial charge on any atom is 0.225 e. The molecule has 0 bridgehead atoms. The standard InChI is InChI=1S/C27H27N5OS/c1-4-18-5-7-20(8-6-18)25-22(15-28)26(30)32-27(23(25)16-29)34-14-13-24(33)31-21-11-9-19(10-12-21)17(2)3/h5-12,17H,4,13-14H2,1-3H3,(H2,30,32)(H,31,33). The summed E-state index contributed by atoms with van der Waals surface area (Å²) < 4.78 is 0. The Labute approximate surface area is 204 Å². The number of hydrogen-bond donors (Lipinski definition) is 2. The van der Waals surface area contributed by atoms with E-state index in [0.717, 1.165) is 23.2 Å². The normalized spacial score (nSPS) is 10.5. The maximum atomic E-state index is 12.4. The van der Waals surface area contributed by atoms with E-state index in [1.165, 1.54) is 17.3 Å². The van der Waals surface area contributed by atoms with Crippen LogP contribution in [0.5, 0.6) is 0 Å². The molecule has 0 radical (unpaired) electrons. The summed E-state index contributed by atoms with van der Waals surface area (Å²) in [6.07, 6.45) is 1.13. The van der Waals surface area contributed by atoms with Crippen molar-refractivity contribution >= 4 is 29.2 Å². The van der Waals surface area contributed by atoms with E-state index in [0.29, 0.717) is 27.8 Å². The summed E-state index contributed by atoms with van der Waals surface area (Å²) >= 11 is 1.28. The number of benzene rings is 2. The van der Waals surface area contributed by atoms with Gasteiger partial charge < -0.3 is 11.1 Å². The van der Waals surface area contributed by atoms with Gasteiger partial charge in [-0.3, -0.25) is 4.79 Å². The van der Waals surface area contributed by atoms with Crippen molar-refractivity contribution in [2.45, 2.75) is 44.6 Å². The number of thioether (sulfide) groups is 1. The molecular weight excluding hydrogens is 442 g/mol. The molecule has 2 aromatic carbocycles. The first-order valence-electron chi connectivity index (χ1n) is 11.1. The average molecular weight is 470 g/mol. The second-order valence-electron chi connectivity index (χ2n) is 8.12. The summed E-state index contributed by atoms with van der Waals surface area (Å²) in [6.45, 7) is 6.30. The van der Waals surface area contributed by atoms with Crippen LogP contribution in [0.4, 0.5) is 11.5 Å². The van der Waals surface area contributed by atoms with Crippen LogP contribution in [0.2, 0.25) is 0 Å². The molecule has 0 saturated heterocycles. The fourth-order valence-electron chi connectivity index (χ4n) is 3.51. The van der Waals surface area contributed by atoms with E-state index in [-0.39, 0.29) is 23.7 Å². The van der Waals surface area contributed by atoms with Gasteiger partial charge in [-0.05, 0) is 41.2 Å². The van der Waals surface area contributed by atoms with Crippen LogP contribution < -0.4 is 11.1 Å². The van der Waals surface area contributed by atoms with Gasteiger partial charge in [0, 0.05) is 23.4 Å². The first kappa shape index (κ1) is 24.8. The molecule has 3 N–H and O–H groups in total. The molecule has 1 aromatic heterocycles. The molecule has 7 heteroatoms. The lowest BCUT2D eigenvalue weighted by Gasteiger charge is -2.13. The van der Waals surface area contributed by atoms with Crippen LogP contribution in [0.15, 0.2) is 53.6 Å². The fourth-order valence-corrected chi connectivity index (χ4v) is 4.45. The zero-order valence-electron chi connectivity index (χ0n) is 19.6. The van der Waals surface area contributed by atoms with Gasteiger partial charge in [0.25, 0.3) is 0 Å². The third-order valence-corrected chi connectivity index (χ3v) is 6.47. The topological polar surface area (TPSA) is 116 Å². The number of anilines is 2. The third-order valence-electron chi connectivity index (χ3n) is 5.50. The minimum absolute atomic E-state index is 0.0771. The summed E-state index contributed by atoms with van der Waals surface area (Å²) in [4.78, 5) is 16.7. The maximum absolute atomic E-state index is 12.4. The third kappa shape index (κ3) is 5.75. The van der Waals surface area contributed by atoms with Gasteiger partial charge in [0.15, 0.2) is 0 Å². The summed E-state index contributed by atoms with van der Waals surface area (Å²) in [5.41, 5.74) is 10.9.